The van der Waals surface area contributed by atoms with Crippen LogP contribution in [0.2, 0.25) is 0 Å². The monoisotopic (exact) mass is 282 g/mol. The first-order valence-electron chi connectivity index (χ1n) is 7.82. The first kappa shape index (κ1) is 16.6. The largest absolute Gasteiger partial charge is 0.309 e. The first-order chi connectivity index (χ1) is 9.15. The molecule has 1 rings (SSSR count). The van der Waals surface area contributed by atoms with Crippen LogP contribution in [0.3, 0.4) is 0 Å². The van der Waals surface area contributed by atoms with Gasteiger partial charge in [0.25, 0.3) is 0 Å². The molecule has 0 aliphatic carbocycles. The molecule has 3 heteroatoms. The summed E-state index contributed by atoms with van der Waals surface area (Å²) < 4.78 is 0. The standard InChI is InChI=1S/C16H30N2S/c1-5-6-7-8-9-10-11-12-17-13(2)16-14(3)18-15(4)19-16/h13,17H,5-12H2,1-4H3. The number of nitrogens with one attached hydrogen (secondary N) is 1. The third-order valence-corrected chi connectivity index (χ3v) is 4.82. The maximum atomic E-state index is 4.50. The summed E-state index contributed by atoms with van der Waals surface area (Å²) in [5.74, 6) is 0. The van der Waals surface area contributed by atoms with Crippen LogP contribution in [0.15, 0.2) is 0 Å². The Bertz CT molecular complexity index is 347. The lowest BCUT2D eigenvalue weighted by Crippen LogP contribution is -2.19. The van der Waals surface area contributed by atoms with Gasteiger partial charge >= 0.3 is 0 Å². The van der Waals surface area contributed by atoms with Gasteiger partial charge in [-0.3, -0.25) is 0 Å². The molecule has 2 nitrogen and oxygen atoms in total. The van der Waals surface area contributed by atoms with Crippen LogP contribution in [0.4, 0.5) is 0 Å². The van der Waals surface area contributed by atoms with Gasteiger partial charge in [0.15, 0.2) is 0 Å². The molecular weight excluding hydrogens is 252 g/mol. The fourth-order valence-corrected chi connectivity index (χ4v) is 3.40. The molecule has 1 atom stereocenters. The van der Waals surface area contributed by atoms with Crippen molar-refractivity contribution in [1.29, 1.82) is 0 Å². The zero-order chi connectivity index (χ0) is 14.1. The van der Waals surface area contributed by atoms with E-state index in [0.29, 0.717) is 6.04 Å². The number of unbranched alkanes of at least 4 members (excludes halogenated alkanes) is 6. The van der Waals surface area contributed by atoms with Crippen molar-refractivity contribution in [2.24, 2.45) is 0 Å². The Morgan fingerprint density at radius 2 is 1.68 bits per heavy atom. The lowest BCUT2D eigenvalue weighted by Gasteiger charge is -2.12. The summed E-state index contributed by atoms with van der Waals surface area (Å²) in [6, 6.07) is 0.450. The van der Waals surface area contributed by atoms with Crippen LogP contribution >= 0.6 is 11.3 Å². The van der Waals surface area contributed by atoms with E-state index in [-0.39, 0.29) is 0 Å². The third kappa shape index (κ3) is 6.53. The van der Waals surface area contributed by atoms with Gasteiger partial charge in [0.1, 0.15) is 0 Å². The molecule has 0 spiro atoms. The summed E-state index contributed by atoms with van der Waals surface area (Å²) in [5, 5.41) is 4.80. The van der Waals surface area contributed by atoms with E-state index in [4.69, 9.17) is 0 Å². The molecule has 1 N–H and O–H groups in total. The van der Waals surface area contributed by atoms with Crippen LogP contribution in [-0.4, -0.2) is 11.5 Å². The molecule has 1 heterocycles. The Labute approximate surface area is 123 Å². The molecule has 1 aromatic rings. The summed E-state index contributed by atoms with van der Waals surface area (Å²) >= 11 is 1.83. The van der Waals surface area contributed by atoms with E-state index in [1.54, 1.807) is 0 Å². The fourth-order valence-electron chi connectivity index (χ4n) is 2.44. The number of nitrogens with zero attached hydrogens (tertiary/aromatic N) is 1. The van der Waals surface area contributed by atoms with Gasteiger partial charge in [0.2, 0.25) is 0 Å². The second kappa shape index (κ2) is 9.49. The van der Waals surface area contributed by atoms with Crippen molar-refractivity contribution in [2.75, 3.05) is 6.54 Å². The maximum Gasteiger partial charge on any atom is 0.0900 e. The van der Waals surface area contributed by atoms with Gasteiger partial charge in [-0.05, 0) is 33.7 Å². The average Bonchev–Trinajstić information content (AvgIpc) is 2.71. The minimum Gasteiger partial charge on any atom is -0.309 e. The van der Waals surface area contributed by atoms with Crippen molar-refractivity contribution in [2.45, 2.75) is 78.7 Å². The molecule has 0 aromatic carbocycles. The predicted molar refractivity (Wildman–Crippen MR) is 86.0 cm³/mol. The Balaban J connectivity index is 2.08. The highest BCUT2D eigenvalue weighted by Gasteiger charge is 2.11. The molecule has 0 bridgehead atoms. The van der Waals surface area contributed by atoms with E-state index < -0.39 is 0 Å². The molecule has 0 radical (unpaired) electrons. The lowest BCUT2D eigenvalue weighted by molar-refractivity contribution is 0.526. The summed E-state index contributed by atoms with van der Waals surface area (Å²) in [5.41, 5.74) is 1.20. The summed E-state index contributed by atoms with van der Waals surface area (Å²) in [7, 11) is 0. The van der Waals surface area contributed by atoms with Gasteiger partial charge in [-0.15, -0.1) is 11.3 Å². The average molecular weight is 282 g/mol. The van der Waals surface area contributed by atoms with E-state index in [9.17, 15) is 0 Å². The maximum absolute atomic E-state index is 4.50. The Morgan fingerprint density at radius 1 is 1.05 bits per heavy atom. The van der Waals surface area contributed by atoms with Gasteiger partial charge in [-0.25, -0.2) is 4.98 Å². The van der Waals surface area contributed by atoms with Crippen LogP contribution in [0.25, 0.3) is 0 Å². The highest BCUT2D eigenvalue weighted by Crippen LogP contribution is 2.24. The van der Waals surface area contributed by atoms with Gasteiger partial charge in [-0.2, -0.15) is 0 Å². The number of aryl methyl sites for hydroxylation is 2. The summed E-state index contributed by atoms with van der Waals surface area (Å²) in [6.45, 7) is 9.86. The second-order valence-electron chi connectivity index (χ2n) is 5.48. The third-order valence-electron chi connectivity index (χ3n) is 3.56. The number of thiazole rings is 1. The minimum atomic E-state index is 0.450. The van der Waals surface area contributed by atoms with E-state index in [1.165, 1.54) is 60.5 Å². The molecule has 0 aliphatic heterocycles. The van der Waals surface area contributed by atoms with Crippen LogP contribution in [0, 0.1) is 13.8 Å². The summed E-state index contributed by atoms with van der Waals surface area (Å²) in [6.07, 6.45) is 9.63. The van der Waals surface area contributed by atoms with Crippen molar-refractivity contribution in [1.82, 2.24) is 10.3 Å². The van der Waals surface area contributed by atoms with Crippen molar-refractivity contribution < 1.29 is 0 Å². The van der Waals surface area contributed by atoms with Crippen LogP contribution in [0.5, 0.6) is 0 Å². The zero-order valence-corrected chi connectivity index (χ0v) is 13.9. The minimum absolute atomic E-state index is 0.450. The molecule has 0 saturated carbocycles. The van der Waals surface area contributed by atoms with Crippen LogP contribution < -0.4 is 5.32 Å². The fraction of sp³-hybridized carbons (Fsp3) is 0.812. The van der Waals surface area contributed by atoms with Crippen molar-refractivity contribution >= 4 is 11.3 Å². The van der Waals surface area contributed by atoms with E-state index in [2.05, 4.69) is 38.0 Å². The number of rotatable bonds is 10. The Morgan fingerprint density at radius 3 is 2.26 bits per heavy atom. The zero-order valence-electron chi connectivity index (χ0n) is 13.1. The number of hydrogen-bond acceptors (Lipinski definition) is 3. The highest BCUT2D eigenvalue weighted by molar-refractivity contribution is 7.11. The van der Waals surface area contributed by atoms with Crippen molar-refractivity contribution in [3.8, 4) is 0 Å². The van der Waals surface area contributed by atoms with E-state index in [1.807, 2.05) is 11.3 Å². The topological polar surface area (TPSA) is 24.9 Å². The van der Waals surface area contributed by atoms with E-state index in [0.717, 1.165) is 6.54 Å². The normalized spacial score (nSPS) is 12.8. The molecular formula is C16H30N2S. The number of aromatic nitrogens is 1. The lowest BCUT2D eigenvalue weighted by atomic mass is 10.1. The molecule has 0 fully saturated rings. The molecule has 19 heavy (non-hydrogen) atoms. The summed E-state index contributed by atoms with van der Waals surface area (Å²) in [4.78, 5) is 5.90. The highest BCUT2D eigenvalue weighted by atomic mass is 32.1. The molecule has 1 aromatic heterocycles. The van der Waals surface area contributed by atoms with Crippen molar-refractivity contribution in [3.05, 3.63) is 15.6 Å². The number of hydrogen-bond donors (Lipinski definition) is 1. The second-order valence-corrected chi connectivity index (χ2v) is 6.71. The van der Waals surface area contributed by atoms with Gasteiger partial charge in [0.05, 0.1) is 10.7 Å². The molecule has 0 amide bonds. The van der Waals surface area contributed by atoms with Gasteiger partial charge in [0, 0.05) is 10.9 Å². The van der Waals surface area contributed by atoms with Gasteiger partial charge < -0.3 is 5.32 Å². The molecule has 0 saturated heterocycles. The SMILES string of the molecule is CCCCCCCCCNC(C)c1sc(C)nc1C. The Kier molecular flexibility index (Phi) is 8.31. The quantitative estimate of drug-likeness (QED) is 0.599. The van der Waals surface area contributed by atoms with Gasteiger partial charge in [-0.1, -0.05) is 45.4 Å². The Hall–Kier alpha value is -0.410. The smallest absolute Gasteiger partial charge is 0.0900 e. The molecule has 1 unspecified atom stereocenters. The van der Waals surface area contributed by atoms with Crippen LogP contribution in [-0.2, 0) is 0 Å². The first-order valence-corrected chi connectivity index (χ1v) is 8.64. The predicted octanol–water partition coefficient (Wildman–Crippen LogP) is 5.16. The molecule has 0 aliphatic rings. The van der Waals surface area contributed by atoms with E-state index >= 15 is 0 Å². The van der Waals surface area contributed by atoms with Crippen LogP contribution in [0.1, 0.15) is 80.4 Å². The van der Waals surface area contributed by atoms with Crippen molar-refractivity contribution in [3.63, 3.8) is 0 Å². The molecule has 110 valence electrons.